The highest BCUT2D eigenvalue weighted by atomic mass is 32.1. The van der Waals surface area contributed by atoms with Crippen LogP contribution in [-0.4, -0.2) is 29.0 Å². The summed E-state index contributed by atoms with van der Waals surface area (Å²) < 4.78 is 4.35. The quantitative estimate of drug-likeness (QED) is 0.831. The maximum atomic E-state index is 4.45. The molecule has 1 fully saturated rings. The molecule has 0 unspecified atom stereocenters. The molecule has 0 amide bonds. The molecule has 0 bridgehead atoms. The van der Waals surface area contributed by atoms with Crippen LogP contribution in [0.15, 0.2) is 0 Å². The van der Waals surface area contributed by atoms with Gasteiger partial charge in [0.15, 0.2) is 0 Å². The molecule has 78 valence electrons. The Bertz CT molecular complexity index is 280. The first-order valence-electron chi connectivity index (χ1n) is 5.22. The lowest BCUT2D eigenvalue weighted by molar-refractivity contribution is 0.570. The van der Waals surface area contributed by atoms with Gasteiger partial charge in [-0.25, -0.2) is 0 Å². The van der Waals surface area contributed by atoms with E-state index in [4.69, 9.17) is 0 Å². The molecule has 0 radical (unpaired) electrons. The molecule has 1 N–H and O–H groups in total. The number of anilines is 2. The lowest BCUT2D eigenvalue weighted by Gasteiger charge is -2.24. The number of piperidine rings is 1. The van der Waals surface area contributed by atoms with Crippen molar-refractivity contribution in [1.29, 1.82) is 0 Å². The van der Waals surface area contributed by atoms with Crippen molar-refractivity contribution in [3.8, 4) is 0 Å². The summed E-state index contributed by atoms with van der Waals surface area (Å²) in [5, 5.41) is 4.12. The summed E-state index contributed by atoms with van der Waals surface area (Å²) in [6.07, 6.45) is 3.90. The second kappa shape index (κ2) is 4.59. The fourth-order valence-electron chi connectivity index (χ4n) is 1.66. The van der Waals surface area contributed by atoms with Gasteiger partial charge in [0.25, 0.3) is 0 Å². The summed E-state index contributed by atoms with van der Waals surface area (Å²) in [6.45, 7) is 5.21. The zero-order valence-electron chi connectivity index (χ0n) is 8.49. The Kier molecular flexibility index (Phi) is 3.18. The summed E-state index contributed by atoms with van der Waals surface area (Å²) in [7, 11) is 0. The zero-order chi connectivity index (χ0) is 9.80. The minimum absolute atomic E-state index is 0.908. The van der Waals surface area contributed by atoms with Crippen LogP contribution in [0.2, 0.25) is 0 Å². The van der Waals surface area contributed by atoms with E-state index in [1.807, 2.05) is 0 Å². The normalized spacial score (nSPS) is 17.1. The van der Waals surface area contributed by atoms with E-state index < -0.39 is 0 Å². The predicted molar refractivity (Wildman–Crippen MR) is 60.1 cm³/mol. The third kappa shape index (κ3) is 2.15. The predicted octanol–water partition coefficient (Wildman–Crippen LogP) is 1.96. The molecule has 1 aromatic heterocycles. The standard InChI is InChI=1S/C9H16N4S/c1-2-10-9-11-8(12-14-9)13-6-4-3-5-7-13/h2-7H2,1H3,(H,10,11,12). The molecular weight excluding hydrogens is 196 g/mol. The van der Waals surface area contributed by atoms with E-state index in [0.29, 0.717) is 0 Å². The van der Waals surface area contributed by atoms with Gasteiger partial charge in [0.2, 0.25) is 11.1 Å². The Balaban J connectivity index is 2.00. The summed E-state index contributed by atoms with van der Waals surface area (Å²) in [6, 6.07) is 0. The van der Waals surface area contributed by atoms with Gasteiger partial charge in [-0.3, -0.25) is 0 Å². The van der Waals surface area contributed by atoms with Gasteiger partial charge in [0.1, 0.15) is 0 Å². The maximum absolute atomic E-state index is 4.45. The number of nitrogens with zero attached hydrogens (tertiary/aromatic N) is 3. The molecule has 0 aliphatic carbocycles. The second-order valence-electron chi connectivity index (χ2n) is 3.48. The first-order valence-corrected chi connectivity index (χ1v) is 6.00. The average molecular weight is 212 g/mol. The highest BCUT2D eigenvalue weighted by Crippen LogP contribution is 2.20. The van der Waals surface area contributed by atoms with Gasteiger partial charge in [-0.2, -0.15) is 9.36 Å². The molecule has 2 rings (SSSR count). The van der Waals surface area contributed by atoms with Crippen molar-refractivity contribution < 1.29 is 0 Å². The number of hydrogen-bond donors (Lipinski definition) is 1. The molecule has 1 saturated heterocycles. The van der Waals surface area contributed by atoms with Crippen LogP contribution in [0.1, 0.15) is 26.2 Å². The smallest absolute Gasteiger partial charge is 0.239 e. The Labute approximate surface area is 88.5 Å². The van der Waals surface area contributed by atoms with E-state index in [-0.39, 0.29) is 0 Å². The monoisotopic (exact) mass is 212 g/mol. The fourth-order valence-corrected chi connectivity index (χ4v) is 2.32. The van der Waals surface area contributed by atoms with Crippen molar-refractivity contribution in [3.63, 3.8) is 0 Å². The number of aromatic nitrogens is 2. The van der Waals surface area contributed by atoms with Crippen molar-refractivity contribution in [2.45, 2.75) is 26.2 Å². The van der Waals surface area contributed by atoms with E-state index in [9.17, 15) is 0 Å². The topological polar surface area (TPSA) is 41.1 Å². The first kappa shape index (κ1) is 9.71. The van der Waals surface area contributed by atoms with Crippen LogP contribution in [-0.2, 0) is 0 Å². The van der Waals surface area contributed by atoms with Crippen molar-refractivity contribution in [3.05, 3.63) is 0 Å². The molecule has 2 heterocycles. The molecule has 0 spiro atoms. The molecule has 1 aliphatic rings. The van der Waals surface area contributed by atoms with Crippen LogP contribution in [0, 0.1) is 0 Å². The largest absolute Gasteiger partial charge is 0.361 e. The van der Waals surface area contributed by atoms with Gasteiger partial charge in [0, 0.05) is 31.2 Å². The van der Waals surface area contributed by atoms with E-state index in [0.717, 1.165) is 30.7 Å². The minimum atomic E-state index is 0.908. The summed E-state index contributed by atoms with van der Waals surface area (Å²) >= 11 is 1.45. The van der Waals surface area contributed by atoms with Crippen LogP contribution in [0.4, 0.5) is 11.1 Å². The van der Waals surface area contributed by atoms with Gasteiger partial charge in [-0.1, -0.05) is 0 Å². The van der Waals surface area contributed by atoms with Gasteiger partial charge < -0.3 is 10.2 Å². The van der Waals surface area contributed by atoms with Gasteiger partial charge >= 0.3 is 0 Å². The van der Waals surface area contributed by atoms with Gasteiger partial charge in [-0.15, -0.1) is 0 Å². The van der Waals surface area contributed by atoms with E-state index in [1.165, 1.54) is 30.8 Å². The van der Waals surface area contributed by atoms with Gasteiger partial charge in [-0.05, 0) is 26.2 Å². The van der Waals surface area contributed by atoms with Crippen molar-refractivity contribution in [1.82, 2.24) is 9.36 Å². The molecule has 1 aliphatic heterocycles. The third-order valence-corrected chi connectivity index (χ3v) is 3.05. The van der Waals surface area contributed by atoms with Crippen LogP contribution in [0.5, 0.6) is 0 Å². The Morgan fingerprint density at radius 3 is 2.86 bits per heavy atom. The third-order valence-electron chi connectivity index (χ3n) is 2.38. The van der Waals surface area contributed by atoms with E-state index >= 15 is 0 Å². The van der Waals surface area contributed by atoms with Crippen LogP contribution in [0.3, 0.4) is 0 Å². The SMILES string of the molecule is CCNc1nc(N2CCCCC2)ns1. The zero-order valence-corrected chi connectivity index (χ0v) is 9.31. The average Bonchev–Trinajstić information content (AvgIpc) is 2.68. The van der Waals surface area contributed by atoms with Crippen LogP contribution < -0.4 is 10.2 Å². The molecule has 0 aromatic carbocycles. The Morgan fingerprint density at radius 2 is 2.14 bits per heavy atom. The van der Waals surface area contributed by atoms with Crippen molar-refractivity contribution >= 4 is 22.6 Å². The van der Waals surface area contributed by atoms with Crippen LogP contribution in [0.25, 0.3) is 0 Å². The molecular formula is C9H16N4S. The Morgan fingerprint density at radius 1 is 1.36 bits per heavy atom. The molecule has 0 atom stereocenters. The molecule has 5 heteroatoms. The first-order chi connectivity index (χ1) is 6.90. The second-order valence-corrected chi connectivity index (χ2v) is 4.23. The minimum Gasteiger partial charge on any atom is -0.361 e. The molecule has 1 aromatic rings. The highest BCUT2D eigenvalue weighted by Gasteiger charge is 2.14. The number of nitrogens with one attached hydrogen (secondary N) is 1. The van der Waals surface area contributed by atoms with Crippen molar-refractivity contribution in [2.75, 3.05) is 29.9 Å². The fraction of sp³-hybridized carbons (Fsp3) is 0.778. The van der Waals surface area contributed by atoms with Gasteiger partial charge in [0.05, 0.1) is 0 Å². The maximum Gasteiger partial charge on any atom is 0.239 e. The summed E-state index contributed by atoms with van der Waals surface area (Å²) in [4.78, 5) is 6.72. The van der Waals surface area contributed by atoms with E-state index in [1.54, 1.807) is 0 Å². The lowest BCUT2D eigenvalue weighted by atomic mass is 10.1. The number of hydrogen-bond acceptors (Lipinski definition) is 5. The van der Waals surface area contributed by atoms with Crippen LogP contribution >= 0.6 is 11.5 Å². The van der Waals surface area contributed by atoms with Crippen molar-refractivity contribution in [2.24, 2.45) is 0 Å². The highest BCUT2D eigenvalue weighted by molar-refractivity contribution is 7.09. The van der Waals surface area contributed by atoms with E-state index in [2.05, 4.69) is 26.5 Å². The molecule has 4 nitrogen and oxygen atoms in total. The summed E-state index contributed by atoms with van der Waals surface area (Å²) in [5.41, 5.74) is 0. The lowest BCUT2D eigenvalue weighted by Crippen LogP contribution is -2.30. The molecule has 0 saturated carbocycles. The molecule has 14 heavy (non-hydrogen) atoms. The summed E-state index contributed by atoms with van der Waals surface area (Å²) in [5.74, 6) is 0.908. The Hall–Kier alpha value is -0.840. The number of rotatable bonds is 3.